The molecule has 5 rings (SSSR count). The van der Waals surface area contributed by atoms with E-state index in [2.05, 4.69) is 27.2 Å². The number of thiazole rings is 1. The molecule has 0 bridgehead atoms. The van der Waals surface area contributed by atoms with Gasteiger partial charge < -0.3 is 15.0 Å². The summed E-state index contributed by atoms with van der Waals surface area (Å²) in [6, 6.07) is 3.60. The number of piperidine rings is 1. The first-order valence-electron chi connectivity index (χ1n) is 9.75. The Bertz CT molecular complexity index is 1000. The predicted octanol–water partition coefficient (Wildman–Crippen LogP) is 3.39. The molecule has 2 aliphatic rings. The number of rotatable bonds is 5. The SMILES string of the molecule is CN1CCC(Oc2cc(NC(=O)c3c(C4CC4)nc4sccn34)ccn2)CC1. The number of nitrogens with zero attached hydrogens (tertiary/aromatic N) is 4. The molecule has 0 unspecified atom stereocenters. The molecule has 4 heterocycles. The van der Waals surface area contributed by atoms with Crippen molar-refractivity contribution in [3.8, 4) is 5.88 Å². The normalized spacial score (nSPS) is 18.5. The van der Waals surface area contributed by atoms with Crippen LogP contribution in [0.5, 0.6) is 5.88 Å². The molecule has 0 spiro atoms. The summed E-state index contributed by atoms with van der Waals surface area (Å²) in [4.78, 5) is 25.2. The van der Waals surface area contributed by atoms with Gasteiger partial charge in [0.1, 0.15) is 11.8 Å². The van der Waals surface area contributed by atoms with Crippen molar-refractivity contribution in [3.63, 3.8) is 0 Å². The summed E-state index contributed by atoms with van der Waals surface area (Å²) in [6.45, 7) is 2.06. The number of carbonyl (C=O) groups excluding carboxylic acids is 1. The van der Waals surface area contributed by atoms with Crippen LogP contribution in [0.4, 0.5) is 5.69 Å². The zero-order valence-electron chi connectivity index (χ0n) is 15.8. The van der Waals surface area contributed by atoms with Gasteiger partial charge in [-0.1, -0.05) is 0 Å². The molecule has 146 valence electrons. The first-order valence-corrected chi connectivity index (χ1v) is 10.6. The van der Waals surface area contributed by atoms with Crippen LogP contribution < -0.4 is 10.1 Å². The molecule has 8 heteroatoms. The second kappa shape index (κ2) is 7.18. The van der Waals surface area contributed by atoms with Crippen LogP contribution in [-0.2, 0) is 0 Å². The Kier molecular flexibility index (Phi) is 4.52. The highest BCUT2D eigenvalue weighted by atomic mass is 32.1. The van der Waals surface area contributed by atoms with Gasteiger partial charge in [-0.15, -0.1) is 11.3 Å². The minimum absolute atomic E-state index is 0.135. The molecule has 3 aromatic heterocycles. The highest BCUT2D eigenvalue weighted by molar-refractivity contribution is 7.15. The van der Waals surface area contributed by atoms with E-state index in [9.17, 15) is 4.79 Å². The smallest absolute Gasteiger partial charge is 0.274 e. The van der Waals surface area contributed by atoms with Gasteiger partial charge in [0.25, 0.3) is 5.91 Å². The number of likely N-dealkylation sites (tertiary alicyclic amines) is 1. The average molecular weight is 398 g/mol. The number of nitrogens with one attached hydrogen (secondary N) is 1. The predicted molar refractivity (Wildman–Crippen MR) is 108 cm³/mol. The standard InChI is InChI=1S/C20H23N5O2S/c1-24-8-5-15(6-9-24)27-16-12-14(4-7-21-16)22-19(26)18-17(13-2-3-13)23-20-25(18)10-11-28-20/h4,7,10-13,15H,2-3,5-6,8-9H2,1H3,(H,21,22,26). The molecular weight excluding hydrogens is 374 g/mol. The molecule has 7 nitrogen and oxygen atoms in total. The largest absolute Gasteiger partial charge is 0.474 e. The van der Waals surface area contributed by atoms with Gasteiger partial charge in [-0.3, -0.25) is 9.20 Å². The Morgan fingerprint density at radius 3 is 2.89 bits per heavy atom. The molecule has 1 saturated heterocycles. The number of ether oxygens (including phenoxy) is 1. The van der Waals surface area contributed by atoms with Crippen molar-refractivity contribution in [2.45, 2.75) is 37.7 Å². The molecule has 2 fully saturated rings. The monoisotopic (exact) mass is 397 g/mol. The van der Waals surface area contributed by atoms with Crippen molar-refractivity contribution >= 4 is 27.9 Å². The van der Waals surface area contributed by atoms with Gasteiger partial charge in [-0.2, -0.15) is 0 Å². The van der Waals surface area contributed by atoms with E-state index in [4.69, 9.17) is 4.74 Å². The Morgan fingerprint density at radius 2 is 2.11 bits per heavy atom. The minimum Gasteiger partial charge on any atom is -0.474 e. The molecule has 1 amide bonds. The van der Waals surface area contributed by atoms with Crippen LogP contribution in [0, 0.1) is 0 Å². The number of amides is 1. The van der Waals surface area contributed by atoms with E-state index in [0.717, 1.165) is 49.4 Å². The Balaban J connectivity index is 1.33. The molecule has 1 saturated carbocycles. The molecule has 0 aromatic carbocycles. The quantitative estimate of drug-likeness (QED) is 0.714. The molecule has 1 N–H and O–H groups in total. The zero-order valence-corrected chi connectivity index (χ0v) is 16.6. The van der Waals surface area contributed by atoms with Gasteiger partial charge in [0.2, 0.25) is 5.88 Å². The van der Waals surface area contributed by atoms with Crippen LogP contribution in [0.3, 0.4) is 0 Å². The summed E-state index contributed by atoms with van der Waals surface area (Å²) in [5, 5.41) is 4.96. The fraction of sp³-hybridized carbons (Fsp3) is 0.450. The van der Waals surface area contributed by atoms with E-state index in [1.54, 1.807) is 29.7 Å². The van der Waals surface area contributed by atoms with Gasteiger partial charge in [-0.25, -0.2) is 9.97 Å². The maximum atomic E-state index is 13.0. The summed E-state index contributed by atoms with van der Waals surface area (Å²) < 4.78 is 7.94. The lowest BCUT2D eigenvalue weighted by molar-refractivity contribution is 0.102. The third kappa shape index (κ3) is 3.49. The van der Waals surface area contributed by atoms with Crippen LogP contribution in [-0.4, -0.2) is 51.4 Å². The van der Waals surface area contributed by atoms with Crippen molar-refractivity contribution in [1.82, 2.24) is 19.3 Å². The fourth-order valence-corrected chi connectivity index (χ4v) is 4.41. The molecule has 28 heavy (non-hydrogen) atoms. The Morgan fingerprint density at radius 1 is 1.29 bits per heavy atom. The van der Waals surface area contributed by atoms with E-state index in [1.165, 1.54) is 0 Å². The number of imidazole rings is 1. The van der Waals surface area contributed by atoms with Crippen molar-refractivity contribution in [2.75, 3.05) is 25.5 Å². The minimum atomic E-state index is -0.135. The third-order valence-corrected chi connectivity index (χ3v) is 6.17. The number of hydrogen-bond donors (Lipinski definition) is 1. The fourth-order valence-electron chi connectivity index (χ4n) is 3.69. The summed E-state index contributed by atoms with van der Waals surface area (Å²) in [7, 11) is 2.13. The molecular formula is C20H23N5O2S. The van der Waals surface area contributed by atoms with E-state index >= 15 is 0 Å². The van der Waals surface area contributed by atoms with Crippen molar-refractivity contribution < 1.29 is 9.53 Å². The molecule has 1 aliphatic heterocycles. The molecule has 0 radical (unpaired) electrons. The number of aromatic nitrogens is 3. The van der Waals surface area contributed by atoms with E-state index in [0.29, 0.717) is 23.2 Å². The number of anilines is 1. The molecule has 1 aliphatic carbocycles. The average Bonchev–Trinajstić information content (AvgIpc) is 3.32. The van der Waals surface area contributed by atoms with Crippen LogP contribution >= 0.6 is 11.3 Å². The van der Waals surface area contributed by atoms with Crippen molar-refractivity contribution in [2.24, 2.45) is 0 Å². The van der Waals surface area contributed by atoms with Gasteiger partial charge >= 0.3 is 0 Å². The Labute approximate surface area is 167 Å². The van der Waals surface area contributed by atoms with Gasteiger partial charge in [0, 0.05) is 48.5 Å². The first-order chi connectivity index (χ1) is 13.7. The lowest BCUT2D eigenvalue weighted by Gasteiger charge is -2.28. The summed E-state index contributed by atoms with van der Waals surface area (Å²) >= 11 is 1.55. The maximum absolute atomic E-state index is 13.0. The van der Waals surface area contributed by atoms with Crippen LogP contribution in [0.2, 0.25) is 0 Å². The maximum Gasteiger partial charge on any atom is 0.274 e. The number of fused-ring (bicyclic) bond motifs is 1. The first kappa shape index (κ1) is 17.6. The van der Waals surface area contributed by atoms with E-state index in [1.807, 2.05) is 16.0 Å². The van der Waals surface area contributed by atoms with Gasteiger partial charge in [0.05, 0.1) is 5.69 Å². The number of carbonyl (C=O) groups is 1. The summed E-state index contributed by atoms with van der Waals surface area (Å²) in [5.41, 5.74) is 2.25. The second-order valence-electron chi connectivity index (χ2n) is 7.63. The topological polar surface area (TPSA) is 71.8 Å². The van der Waals surface area contributed by atoms with E-state index < -0.39 is 0 Å². The zero-order chi connectivity index (χ0) is 19.1. The van der Waals surface area contributed by atoms with Crippen molar-refractivity contribution in [3.05, 3.63) is 41.3 Å². The van der Waals surface area contributed by atoms with Gasteiger partial charge in [-0.05, 0) is 38.8 Å². The summed E-state index contributed by atoms with van der Waals surface area (Å²) in [6.07, 6.45) is 7.96. The summed E-state index contributed by atoms with van der Waals surface area (Å²) in [5.74, 6) is 0.835. The van der Waals surface area contributed by atoms with Crippen molar-refractivity contribution in [1.29, 1.82) is 0 Å². The lowest BCUT2D eigenvalue weighted by Crippen LogP contribution is -2.35. The molecule has 3 aromatic rings. The van der Waals surface area contributed by atoms with Crippen LogP contribution in [0.15, 0.2) is 29.9 Å². The Hall–Kier alpha value is -2.45. The molecule has 0 atom stereocenters. The van der Waals surface area contributed by atoms with E-state index in [-0.39, 0.29) is 12.0 Å². The van der Waals surface area contributed by atoms with Gasteiger partial charge in [0.15, 0.2) is 4.96 Å². The second-order valence-corrected chi connectivity index (χ2v) is 8.51. The number of pyridine rings is 1. The lowest BCUT2D eigenvalue weighted by atomic mass is 10.1. The highest BCUT2D eigenvalue weighted by Crippen LogP contribution is 2.42. The number of hydrogen-bond acceptors (Lipinski definition) is 6. The highest BCUT2D eigenvalue weighted by Gasteiger charge is 2.33. The van der Waals surface area contributed by atoms with Crippen LogP contribution in [0.25, 0.3) is 4.96 Å². The third-order valence-electron chi connectivity index (χ3n) is 5.41. The van der Waals surface area contributed by atoms with Crippen LogP contribution in [0.1, 0.15) is 47.8 Å².